The van der Waals surface area contributed by atoms with Gasteiger partial charge in [-0.3, -0.25) is 9.69 Å². The summed E-state index contributed by atoms with van der Waals surface area (Å²) in [5.74, 6) is 0.411. The number of nitrogens with zero attached hydrogens (tertiary/aromatic N) is 1. The molecule has 3 atom stereocenters. The molecule has 1 aromatic heterocycles. The van der Waals surface area contributed by atoms with Crippen LogP contribution in [0.4, 0.5) is 4.79 Å². The van der Waals surface area contributed by atoms with Crippen LogP contribution in [0.25, 0.3) is 10.9 Å². The number of hydrogen-bond acceptors (Lipinski definition) is 10. The van der Waals surface area contributed by atoms with Crippen molar-refractivity contribution in [3.05, 3.63) is 106 Å². The molecule has 0 radical (unpaired) electrons. The van der Waals surface area contributed by atoms with Crippen molar-refractivity contribution < 1.29 is 34.0 Å². The summed E-state index contributed by atoms with van der Waals surface area (Å²) in [6, 6.07) is 22.7. The lowest BCUT2D eigenvalue weighted by molar-refractivity contribution is -0.146. The summed E-state index contributed by atoms with van der Waals surface area (Å²) in [5.41, 5.74) is 2.32. The molecule has 3 aliphatic rings. The molecule has 1 unspecified atom stereocenters. The number of amides is 1. The number of piperidine rings is 3. The second-order valence-electron chi connectivity index (χ2n) is 13.6. The zero-order valence-corrected chi connectivity index (χ0v) is 29.3. The van der Waals surface area contributed by atoms with E-state index in [9.17, 15) is 24.6 Å². The number of nitrogens with one attached hydrogen (secondary N) is 3. The number of phenols is 1. The molecule has 12 nitrogen and oxygen atoms in total. The van der Waals surface area contributed by atoms with E-state index in [0.717, 1.165) is 69.3 Å². The minimum absolute atomic E-state index is 0.0407. The Kier molecular flexibility index (Phi) is 12.8. The number of esters is 1. The van der Waals surface area contributed by atoms with Gasteiger partial charge in [-0.15, -0.1) is 0 Å². The Morgan fingerprint density at radius 3 is 2.50 bits per heavy atom. The number of carbonyl (C=O) groups excluding carboxylic acids is 2. The highest BCUT2D eigenvalue weighted by atomic mass is 16.6. The number of aliphatic hydroxyl groups excluding tert-OH is 1. The van der Waals surface area contributed by atoms with Gasteiger partial charge in [-0.2, -0.15) is 0 Å². The largest absolute Gasteiger partial charge is 0.506 e. The summed E-state index contributed by atoms with van der Waals surface area (Å²) in [7, 11) is 0. The summed E-state index contributed by atoms with van der Waals surface area (Å²) in [6.07, 6.45) is 4.19. The monoisotopic (exact) mass is 712 g/mol. The number of ether oxygens (including phenoxy) is 3. The number of H-pyrrole nitrogens is 1. The number of aromatic nitrogens is 1. The molecule has 2 bridgehead atoms. The highest BCUT2D eigenvalue weighted by Gasteiger charge is 2.37. The lowest BCUT2D eigenvalue weighted by atomic mass is 9.86. The van der Waals surface area contributed by atoms with Crippen LogP contribution in [0.1, 0.15) is 67.4 Å². The Labute approximate surface area is 303 Å². The van der Waals surface area contributed by atoms with E-state index in [2.05, 4.69) is 20.5 Å². The van der Waals surface area contributed by atoms with Crippen LogP contribution in [0, 0.1) is 5.92 Å². The molecular weight excluding hydrogens is 664 g/mol. The van der Waals surface area contributed by atoms with Crippen LogP contribution in [-0.4, -0.2) is 84.2 Å². The van der Waals surface area contributed by atoms with Gasteiger partial charge in [-0.1, -0.05) is 61.4 Å². The van der Waals surface area contributed by atoms with Crippen LogP contribution in [0.5, 0.6) is 11.5 Å². The fourth-order valence-corrected chi connectivity index (χ4v) is 7.10. The van der Waals surface area contributed by atoms with Crippen molar-refractivity contribution in [1.82, 2.24) is 20.5 Å². The van der Waals surface area contributed by atoms with E-state index >= 15 is 0 Å². The number of unbranched alkanes of at least 4 members (excludes halogenated alkanes) is 3. The molecule has 12 heteroatoms. The number of hydrogen-bond donors (Lipinski definition) is 5. The van der Waals surface area contributed by atoms with Crippen molar-refractivity contribution >= 4 is 23.0 Å². The number of carbonyl (C=O) groups is 2. The molecule has 276 valence electrons. The Hall–Kier alpha value is -4.91. The van der Waals surface area contributed by atoms with Crippen molar-refractivity contribution in [2.75, 3.05) is 45.9 Å². The fraction of sp³-hybridized carbons (Fsp3) is 0.425. The zero-order chi connectivity index (χ0) is 36.3. The van der Waals surface area contributed by atoms with Crippen molar-refractivity contribution in [3.8, 4) is 11.5 Å². The number of fused-ring (bicyclic) bond motifs is 4. The average molecular weight is 713 g/mol. The van der Waals surface area contributed by atoms with Crippen LogP contribution >= 0.6 is 0 Å². The standard InChI is InChI=1S/C40H48N4O8/c45-33-15-13-31(32-14-16-36(47)42-39(32)33)34(46)24-41-19-6-1-2-7-22-50-37(48)26-51-30-12-8-11-29(23-30)38(28-9-4-3-5-10-28)43-40(49)52-35-25-44-20-17-27(35)18-21-44/h3-5,8-16,23,27,34-35,38,41,45-46H,1-2,6-7,17-22,24-26H2,(H,42,47)(H,43,49)/t34-,35+,38?/m1/s1. The van der Waals surface area contributed by atoms with Crippen LogP contribution in [0.2, 0.25) is 0 Å². The Balaban J connectivity index is 0.882. The molecule has 0 spiro atoms. The summed E-state index contributed by atoms with van der Waals surface area (Å²) in [6.45, 7) is 4.03. The molecule has 5 N–H and O–H groups in total. The molecule has 1 amide bonds. The van der Waals surface area contributed by atoms with Crippen molar-refractivity contribution in [2.24, 2.45) is 5.92 Å². The normalized spacial score (nSPS) is 19.1. The van der Waals surface area contributed by atoms with Gasteiger partial charge in [0.1, 0.15) is 17.6 Å². The molecule has 4 heterocycles. The highest BCUT2D eigenvalue weighted by Crippen LogP contribution is 2.31. The molecule has 0 aliphatic carbocycles. The topological polar surface area (TPSA) is 162 Å². The lowest BCUT2D eigenvalue weighted by Gasteiger charge is -2.43. The first-order valence-corrected chi connectivity index (χ1v) is 18.2. The Morgan fingerprint density at radius 2 is 1.71 bits per heavy atom. The maximum absolute atomic E-state index is 13.1. The molecule has 3 fully saturated rings. The van der Waals surface area contributed by atoms with Gasteiger partial charge >= 0.3 is 12.1 Å². The van der Waals surface area contributed by atoms with Gasteiger partial charge in [0.2, 0.25) is 5.56 Å². The maximum atomic E-state index is 13.1. The highest BCUT2D eigenvalue weighted by molar-refractivity contribution is 5.87. The average Bonchev–Trinajstić information content (AvgIpc) is 3.16. The lowest BCUT2D eigenvalue weighted by Crippen LogP contribution is -2.52. The van der Waals surface area contributed by atoms with Crippen LogP contribution in [0.15, 0.2) is 83.7 Å². The van der Waals surface area contributed by atoms with E-state index in [4.69, 9.17) is 14.2 Å². The Bertz CT molecular complexity index is 1840. The summed E-state index contributed by atoms with van der Waals surface area (Å²) < 4.78 is 17.1. The first-order chi connectivity index (χ1) is 25.3. The number of alkyl carbamates (subject to hydrolysis) is 1. The predicted molar refractivity (Wildman–Crippen MR) is 196 cm³/mol. The first kappa shape index (κ1) is 36.9. The quantitative estimate of drug-likeness (QED) is 0.0748. The fourth-order valence-electron chi connectivity index (χ4n) is 7.10. The van der Waals surface area contributed by atoms with E-state index in [1.807, 2.05) is 48.5 Å². The molecule has 7 rings (SSSR count). The van der Waals surface area contributed by atoms with Gasteiger partial charge < -0.3 is 40.0 Å². The van der Waals surface area contributed by atoms with Gasteiger partial charge in [0.05, 0.1) is 24.3 Å². The van der Waals surface area contributed by atoms with E-state index in [1.54, 1.807) is 18.2 Å². The van der Waals surface area contributed by atoms with Crippen molar-refractivity contribution in [1.29, 1.82) is 0 Å². The van der Waals surface area contributed by atoms with Crippen LogP contribution < -0.4 is 20.9 Å². The Morgan fingerprint density at radius 1 is 0.923 bits per heavy atom. The van der Waals surface area contributed by atoms with Gasteiger partial charge in [-0.05, 0) is 92.2 Å². The minimum atomic E-state index is -0.802. The van der Waals surface area contributed by atoms with Crippen LogP contribution in [-0.2, 0) is 14.3 Å². The first-order valence-electron chi connectivity index (χ1n) is 18.2. The molecule has 3 saturated heterocycles. The predicted octanol–water partition coefficient (Wildman–Crippen LogP) is 4.95. The number of rotatable bonds is 17. The second-order valence-corrected chi connectivity index (χ2v) is 13.6. The molecule has 0 saturated carbocycles. The van der Waals surface area contributed by atoms with Gasteiger partial charge in [0.15, 0.2) is 6.61 Å². The molecule has 3 aromatic carbocycles. The minimum Gasteiger partial charge on any atom is -0.506 e. The summed E-state index contributed by atoms with van der Waals surface area (Å²) >= 11 is 0. The van der Waals surface area contributed by atoms with E-state index < -0.39 is 24.2 Å². The number of phenolic OH excluding ortho intramolecular Hbond substituents is 1. The van der Waals surface area contributed by atoms with Gasteiger partial charge in [-0.25, -0.2) is 9.59 Å². The molecule has 52 heavy (non-hydrogen) atoms. The second kappa shape index (κ2) is 18.0. The summed E-state index contributed by atoms with van der Waals surface area (Å²) in [5, 5.41) is 27.7. The van der Waals surface area contributed by atoms with E-state index in [-0.39, 0.29) is 24.0 Å². The third-order valence-electron chi connectivity index (χ3n) is 9.91. The molecule has 3 aliphatic heterocycles. The van der Waals surface area contributed by atoms with Gasteiger partial charge in [0.25, 0.3) is 0 Å². The number of benzene rings is 3. The maximum Gasteiger partial charge on any atom is 0.408 e. The molecular formula is C40H48N4O8. The van der Waals surface area contributed by atoms with E-state index in [0.29, 0.717) is 47.8 Å². The number of pyridine rings is 1. The van der Waals surface area contributed by atoms with Gasteiger partial charge in [0, 0.05) is 24.5 Å². The molecule has 4 aromatic rings. The number of aromatic amines is 1. The summed E-state index contributed by atoms with van der Waals surface area (Å²) in [4.78, 5) is 42.1. The SMILES string of the molecule is O=C(COc1cccc(C(NC(=O)O[C@H]2CN3CCC2CC3)c2ccccc2)c1)OCCCCCCNC[C@@H](O)c1ccc(O)c2[nH]c(=O)ccc12. The van der Waals surface area contributed by atoms with E-state index in [1.165, 1.54) is 12.1 Å². The number of aliphatic hydroxyl groups is 1. The third kappa shape index (κ3) is 9.90. The van der Waals surface area contributed by atoms with Crippen LogP contribution in [0.3, 0.4) is 0 Å². The van der Waals surface area contributed by atoms with Crippen molar-refractivity contribution in [3.63, 3.8) is 0 Å². The van der Waals surface area contributed by atoms with Crippen molar-refractivity contribution in [2.45, 2.75) is 56.8 Å². The third-order valence-corrected chi connectivity index (χ3v) is 9.91. The zero-order valence-electron chi connectivity index (χ0n) is 29.3. The smallest absolute Gasteiger partial charge is 0.408 e. The number of aromatic hydroxyl groups is 1.